The van der Waals surface area contributed by atoms with Crippen molar-refractivity contribution in [2.24, 2.45) is 5.73 Å². The minimum atomic E-state index is -1.11. The largest absolute Gasteiger partial charge is 0.525 e. The van der Waals surface area contributed by atoms with Crippen molar-refractivity contribution in [3.63, 3.8) is 0 Å². The van der Waals surface area contributed by atoms with Crippen LogP contribution in [0.1, 0.15) is 33.3 Å². The third-order valence-corrected chi connectivity index (χ3v) is 4.77. The second kappa shape index (κ2) is 6.14. The van der Waals surface area contributed by atoms with Gasteiger partial charge in [-0.25, -0.2) is 4.39 Å². The van der Waals surface area contributed by atoms with Gasteiger partial charge in [0.15, 0.2) is 0 Å². The molecule has 1 fully saturated rings. The summed E-state index contributed by atoms with van der Waals surface area (Å²) in [6.07, 6.45) is 0. The summed E-state index contributed by atoms with van der Waals surface area (Å²) in [7, 11) is -1.11. The zero-order valence-corrected chi connectivity index (χ0v) is 14.6. The summed E-state index contributed by atoms with van der Waals surface area (Å²) < 4.78 is 26.3. The normalized spacial score (nSPS) is 21.0. The molecular weight excluding hydrogens is 327 g/mol. The molecule has 7 heteroatoms. The zero-order valence-electron chi connectivity index (χ0n) is 13.0. The number of nitrogens with two attached hydrogens (primary N) is 1. The van der Waals surface area contributed by atoms with Crippen molar-refractivity contribution >= 4 is 35.9 Å². The van der Waals surface area contributed by atoms with E-state index in [-0.39, 0.29) is 12.1 Å². The summed E-state index contributed by atoms with van der Waals surface area (Å²) in [4.78, 5) is 0. The number of hydrogen-bond acceptors (Lipinski definition) is 3. The van der Waals surface area contributed by atoms with Crippen LogP contribution < -0.4 is 5.73 Å². The van der Waals surface area contributed by atoms with Crippen LogP contribution in [-0.4, -0.2) is 24.9 Å². The Balaban J connectivity index is 2.45. The highest BCUT2D eigenvalue weighted by Gasteiger charge is 2.53. The zero-order chi connectivity index (χ0) is 16.7. The molecule has 1 aliphatic heterocycles. The SMILES string of the molecule is CC1(C)OB(C(F)=C(CN)c2cc(Cl)ccc2Cl)OC1(C)C. The molecule has 1 aromatic rings. The monoisotopic (exact) mass is 345 g/mol. The average Bonchev–Trinajstić information content (AvgIpc) is 2.63. The van der Waals surface area contributed by atoms with Gasteiger partial charge in [0.25, 0.3) is 0 Å². The van der Waals surface area contributed by atoms with Crippen LogP contribution in [-0.2, 0) is 9.31 Å². The van der Waals surface area contributed by atoms with Crippen LogP contribution in [0, 0.1) is 0 Å². The summed E-state index contributed by atoms with van der Waals surface area (Å²) in [5, 5.41) is 0.823. The van der Waals surface area contributed by atoms with Gasteiger partial charge in [-0.2, -0.15) is 0 Å². The predicted molar refractivity (Wildman–Crippen MR) is 89.6 cm³/mol. The second-order valence-electron chi connectivity index (χ2n) is 6.24. The number of halogens is 3. The van der Waals surface area contributed by atoms with E-state index in [1.165, 1.54) is 0 Å². The molecule has 0 aliphatic carbocycles. The van der Waals surface area contributed by atoms with Gasteiger partial charge in [-0.05, 0) is 45.9 Å². The van der Waals surface area contributed by atoms with Crippen LogP contribution in [0.25, 0.3) is 5.57 Å². The van der Waals surface area contributed by atoms with Crippen molar-refractivity contribution in [1.29, 1.82) is 0 Å². The molecular formula is C15H19BCl2FNO2. The van der Waals surface area contributed by atoms with Crippen LogP contribution in [0.2, 0.25) is 10.0 Å². The molecule has 0 aromatic heterocycles. The molecule has 0 radical (unpaired) electrons. The summed E-state index contributed by atoms with van der Waals surface area (Å²) in [5.41, 5.74) is 4.55. The van der Waals surface area contributed by atoms with Crippen molar-refractivity contribution in [1.82, 2.24) is 0 Å². The van der Waals surface area contributed by atoms with E-state index in [4.69, 9.17) is 38.2 Å². The fourth-order valence-electron chi connectivity index (χ4n) is 2.15. The molecule has 22 heavy (non-hydrogen) atoms. The van der Waals surface area contributed by atoms with E-state index in [1.54, 1.807) is 18.2 Å². The minimum Gasteiger partial charge on any atom is -0.398 e. The average molecular weight is 346 g/mol. The van der Waals surface area contributed by atoms with Crippen molar-refractivity contribution in [3.05, 3.63) is 39.5 Å². The van der Waals surface area contributed by atoms with Crippen LogP contribution in [0.15, 0.2) is 23.9 Å². The molecule has 120 valence electrons. The second-order valence-corrected chi connectivity index (χ2v) is 7.09. The number of rotatable bonds is 3. The van der Waals surface area contributed by atoms with Gasteiger partial charge in [0.05, 0.1) is 11.2 Å². The van der Waals surface area contributed by atoms with Crippen molar-refractivity contribution in [2.75, 3.05) is 6.54 Å². The highest BCUT2D eigenvalue weighted by atomic mass is 35.5. The van der Waals surface area contributed by atoms with Gasteiger partial charge < -0.3 is 15.0 Å². The Bertz CT molecular complexity index is 604. The standard InChI is InChI=1S/C15H19BCl2FNO2/c1-14(2)15(3,4)22-16(21-14)13(19)11(8-20)10-7-9(17)5-6-12(10)18/h5-7H,8,20H2,1-4H3. The molecule has 3 nitrogen and oxygen atoms in total. The lowest BCUT2D eigenvalue weighted by Crippen LogP contribution is -2.41. The Kier molecular flexibility index (Phi) is 4.95. The van der Waals surface area contributed by atoms with Crippen LogP contribution >= 0.6 is 23.2 Å². The molecule has 0 spiro atoms. The summed E-state index contributed by atoms with van der Waals surface area (Å²) in [6.45, 7) is 7.38. The quantitative estimate of drug-likeness (QED) is 0.832. The lowest BCUT2D eigenvalue weighted by Gasteiger charge is -2.32. The Hall–Kier alpha value is -0.585. The molecule has 1 heterocycles. The molecule has 0 unspecified atom stereocenters. The molecule has 0 bridgehead atoms. The predicted octanol–water partition coefficient (Wildman–Crippen LogP) is 4.26. The van der Waals surface area contributed by atoms with Crippen molar-refractivity contribution in [2.45, 2.75) is 38.9 Å². The van der Waals surface area contributed by atoms with Gasteiger partial charge in [0.1, 0.15) is 5.73 Å². The highest BCUT2D eigenvalue weighted by molar-refractivity contribution is 6.55. The Morgan fingerprint density at radius 2 is 1.73 bits per heavy atom. The van der Waals surface area contributed by atoms with Gasteiger partial charge in [-0.3, -0.25) is 0 Å². The van der Waals surface area contributed by atoms with Crippen LogP contribution in [0.4, 0.5) is 4.39 Å². The van der Waals surface area contributed by atoms with Gasteiger partial charge in [-0.15, -0.1) is 0 Å². The van der Waals surface area contributed by atoms with E-state index in [0.717, 1.165) is 0 Å². The maximum absolute atomic E-state index is 14.9. The first-order valence-corrected chi connectivity index (χ1v) is 7.74. The molecule has 2 N–H and O–H groups in total. The fraction of sp³-hybridized carbons (Fsp3) is 0.467. The molecule has 0 amide bonds. The van der Waals surface area contributed by atoms with E-state index in [2.05, 4.69) is 0 Å². The Morgan fingerprint density at radius 3 is 2.23 bits per heavy atom. The third-order valence-electron chi connectivity index (χ3n) is 4.21. The van der Waals surface area contributed by atoms with E-state index in [0.29, 0.717) is 15.6 Å². The molecule has 0 atom stereocenters. The fourth-order valence-corrected chi connectivity index (χ4v) is 2.56. The summed E-state index contributed by atoms with van der Waals surface area (Å²) in [5.74, 6) is 0. The maximum atomic E-state index is 14.9. The van der Waals surface area contributed by atoms with Crippen molar-refractivity contribution in [3.8, 4) is 0 Å². The van der Waals surface area contributed by atoms with Gasteiger partial charge in [-0.1, -0.05) is 23.2 Å². The first-order valence-electron chi connectivity index (χ1n) is 6.99. The van der Waals surface area contributed by atoms with Crippen LogP contribution in [0.5, 0.6) is 0 Å². The highest BCUT2D eigenvalue weighted by Crippen LogP contribution is 2.40. The van der Waals surface area contributed by atoms with Gasteiger partial charge in [0, 0.05) is 27.7 Å². The van der Waals surface area contributed by atoms with Gasteiger partial charge in [0.2, 0.25) is 0 Å². The molecule has 1 aromatic carbocycles. The maximum Gasteiger partial charge on any atom is 0.525 e. The van der Waals surface area contributed by atoms with E-state index >= 15 is 0 Å². The summed E-state index contributed by atoms with van der Waals surface area (Å²) in [6, 6.07) is 4.82. The van der Waals surface area contributed by atoms with Crippen LogP contribution in [0.3, 0.4) is 0 Å². The number of benzene rings is 1. The topological polar surface area (TPSA) is 44.5 Å². The lowest BCUT2D eigenvalue weighted by molar-refractivity contribution is 0.00578. The smallest absolute Gasteiger partial charge is 0.398 e. The van der Waals surface area contributed by atoms with Gasteiger partial charge >= 0.3 is 7.12 Å². The summed E-state index contributed by atoms with van der Waals surface area (Å²) >= 11 is 12.1. The Labute approximate surface area is 140 Å². The lowest BCUT2D eigenvalue weighted by atomic mass is 9.82. The number of hydrogen-bond donors (Lipinski definition) is 1. The molecule has 1 saturated heterocycles. The molecule has 1 aliphatic rings. The Morgan fingerprint density at radius 1 is 1.18 bits per heavy atom. The molecule has 0 saturated carbocycles. The van der Waals surface area contributed by atoms with E-state index < -0.39 is 24.0 Å². The first-order chi connectivity index (χ1) is 10.1. The first kappa shape index (κ1) is 17.8. The molecule has 2 rings (SSSR count). The van der Waals surface area contributed by atoms with E-state index in [1.807, 2.05) is 27.7 Å². The third kappa shape index (κ3) is 3.19. The minimum absolute atomic E-state index is 0.0457. The van der Waals surface area contributed by atoms with Crippen molar-refractivity contribution < 1.29 is 13.7 Å². The van der Waals surface area contributed by atoms with E-state index in [9.17, 15) is 4.39 Å².